The first-order valence-electron chi connectivity index (χ1n) is 7.29. The molecule has 21 heavy (non-hydrogen) atoms. The molecule has 0 radical (unpaired) electrons. The van der Waals surface area contributed by atoms with Gasteiger partial charge in [-0.05, 0) is 19.8 Å². The van der Waals surface area contributed by atoms with Crippen molar-refractivity contribution >= 4 is 21.8 Å². The Balaban J connectivity index is 1.60. The Morgan fingerprint density at radius 1 is 1.29 bits per heavy atom. The predicted octanol–water partition coefficient (Wildman–Crippen LogP) is -0.853. The molecule has 7 nitrogen and oxygen atoms in total. The van der Waals surface area contributed by atoms with E-state index in [9.17, 15) is 18.0 Å². The molecule has 118 valence electrons. The summed E-state index contributed by atoms with van der Waals surface area (Å²) in [6.45, 7) is 2.90. The van der Waals surface area contributed by atoms with Crippen molar-refractivity contribution in [2.45, 2.75) is 37.0 Å². The molecule has 8 heteroatoms. The fourth-order valence-corrected chi connectivity index (χ4v) is 5.00. The van der Waals surface area contributed by atoms with Crippen LogP contribution in [0.15, 0.2) is 0 Å². The molecular formula is C13H21N3O4S. The summed E-state index contributed by atoms with van der Waals surface area (Å²) in [7, 11) is -1.67. The maximum Gasteiger partial charge on any atom is 0.225 e. The summed E-state index contributed by atoms with van der Waals surface area (Å²) in [5, 5.41) is 2.56. The summed E-state index contributed by atoms with van der Waals surface area (Å²) in [5.41, 5.74) is 0. The number of likely N-dealkylation sites (tertiary alicyclic amines) is 1. The maximum atomic E-state index is 12.3. The first-order valence-corrected chi connectivity index (χ1v) is 8.73. The SMILES string of the molecule is CNC(=O)C1CC(=O)N(C2CN(S(=O)(=O)C3(C)CC3)C2)C1. The van der Waals surface area contributed by atoms with Crippen molar-refractivity contribution in [3.05, 3.63) is 0 Å². The van der Waals surface area contributed by atoms with E-state index in [1.165, 1.54) is 4.31 Å². The Morgan fingerprint density at radius 3 is 2.43 bits per heavy atom. The standard InChI is InChI=1S/C13H21N3O4S/c1-13(3-4-13)21(19,20)15-7-10(8-15)16-6-9(5-11(16)17)12(18)14-2/h9-10H,3-8H2,1-2H3,(H,14,18). The van der Waals surface area contributed by atoms with Crippen molar-refractivity contribution in [2.24, 2.45) is 5.92 Å². The quantitative estimate of drug-likeness (QED) is 0.732. The zero-order chi connectivity index (χ0) is 15.4. The smallest absolute Gasteiger partial charge is 0.225 e. The van der Waals surface area contributed by atoms with Crippen molar-refractivity contribution in [2.75, 3.05) is 26.7 Å². The summed E-state index contributed by atoms with van der Waals surface area (Å²) >= 11 is 0. The molecule has 1 atom stereocenters. The highest BCUT2D eigenvalue weighted by atomic mass is 32.2. The van der Waals surface area contributed by atoms with Gasteiger partial charge in [0.25, 0.3) is 0 Å². The van der Waals surface area contributed by atoms with Crippen molar-refractivity contribution in [1.29, 1.82) is 0 Å². The van der Waals surface area contributed by atoms with Gasteiger partial charge < -0.3 is 10.2 Å². The number of amides is 2. The van der Waals surface area contributed by atoms with Crippen LogP contribution in [0.25, 0.3) is 0 Å². The molecule has 0 bridgehead atoms. The summed E-state index contributed by atoms with van der Waals surface area (Å²) in [6.07, 6.45) is 1.66. The lowest BCUT2D eigenvalue weighted by Gasteiger charge is -2.44. The van der Waals surface area contributed by atoms with Gasteiger partial charge in [0.05, 0.1) is 16.7 Å². The van der Waals surface area contributed by atoms with E-state index < -0.39 is 14.8 Å². The van der Waals surface area contributed by atoms with Crippen LogP contribution in [0, 0.1) is 5.92 Å². The second-order valence-electron chi connectivity index (χ2n) is 6.49. The zero-order valence-electron chi connectivity index (χ0n) is 12.3. The molecule has 1 unspecified atom stereocenters. The first-order chi connectivity index (χ1) is 9.78. The number of carbonyl (C=O) groups excluding carboxylic acids is 2. The lowest BCUT2D eigenvalue weighted by atomic mass is 10.1. The fourth-order valence-electron chi connectivity index (χ4n) is 3.02. The lowest BCUT2D eigenvalue weighted by molar-refractivity contribution is -0.132. The number of hydrogen-bond acceptors (Lipinski definition) is 4. The van der Waals surface area contributed by atoms with Crippen LogP contribution in [0.4, 0.5) is 0 Å². The number of nitrogens with one attached hydrogen (secondary N) is 1. The first kappa shape index (κ1) is 14.8. The van der Waals surface area contributed by atoms with Crippen molar-refractivity contribution < 1.29 is 18.0 Å². The van der Waals surface area contributed by atoms with Gasteiger partial charge in [-0.25, -0.2) is 8.42 Å². The van der Waals surface area contributed by atoms with Crippen LogP contribution < -0.4 is 5.32 Å². The number of hydrogen-bond donors (Lipinski definition) is 1. The maximum absolute atomic E-state index is 12.3. The molecule has 1 saturated carbocycles. The topological polar surface area (TPSA) is 86.8 Å². The second kappa shape index (κ2) is 4.67. The van der Waals surface area contributed by atoms with Gasteiger partial charge in [0.2, 0.25) is 21.8 Å². The summed E-state index contributed by atoms with van der Waals surface area (Å²) in [4.78, 5) is 25.3. The van der Waals surface area contributed by atoms with Gasteiger partial charge in [-0.3, -0.25) is 9.59 Å². The van der Waals surface area contributed by atoms with Crippen LogP contribution in [-0.2, 0) is 19.6 Å². The summed E-state index contributed by atoms with van der Waals surface area (Å²) < 4.78 is 25.5. The van der Waals surface area contributed by atoms with E-state index in [1.54, 1.807) is 18.9 Å². The zero-order valence-corrected chi connectivity index (χ0v) is 13.1. The van der Waals surface area contributed by atoms with Gasteiger partial charge >= 0.3 is 0 Å². The van der Waals surface area contributed by atoms with Gasteiger partial charge in [-0.15, -0.1) is 0 Å². The number of carbonyl (C=O) groups is 2. The van der Waals surface area contributed by atoms with Crippen LogP contribution in [-0.4, -0.2) is 66.9 Å². The lowest BCUT2D eigenvalue weighted by Crippen LogP contribution is -2.62. The predicted molar refractivity (Wildman–Crippen MR) is 75.8 cm³/mol. The van der Waals surface area contributed by atoms with E-state index in [2.05, 4.69) is 5.32 Å². The van der Waals surface area contributed by atoms with Gasteiger partial charge in [0, 0.05) is 33.1 Å². The van der Waals surface area contributed by atoms with Gasteiger partial charge in [-0.1, -0.05) is 0 Å². The van der Waals surface area contributed by atoms with Gasteiger partial charge in [-0.2, -0.15) is 4.31 Å². The molecule has 0 aromatic rings. The Bertz CT molecular complexity index is 578. The van der Waals surface area contributed by atoms with E-state index in [4.69, 9.17) is 0 Å². The van der Waals surface area contributed by atoms with Crippen molar-refractivity contribution in [1.82, 2.24) is 14.5 Å². The Kier molecular flexibility index (Phi) is 3.29. The summed E-state index contributed by atoms with van der Waals surface area (Å²) in [6, 6.07) is -0.0794. The second-order valence-corrected chi connectivity index (χ2v) is 8.94. The third-order valence-electron chi connectivity index (χ3n) is 4.96. The minimum absolute atomic E-state index is 0.0525. The third-order valence-corrected chi connectivity index (χ3v) is 7.59. The Hall–Kier alpha value is -1.15. The average Bonchev–Trinajstić information content (AvgIpc) is 3.03. The van der Waals surface area contributed by atoms with Crippen molar-refractivity contribution in [3.8, 4) is 0 Å². The van der Waals surface area contributed by atoms with E-state index >= 15 is 0 Å². The molecule has 2 amide bonds. The molecule has 0 aromatic carbocycles. The monoisotopic (exact) mass is 315 g/mol. The van der Waals surface area contributed by atoms with Crippen LogP contribution >= 0.6 is 0 Å². The molecule has 2 aliphatic heterocycles. The highest BCUT2D eigenvalue weighted by Gasteiger charge is 2.56. The number of rotatable bonds is 4. The Labute approximate surface area is 124 Å². The highest BCUT2D eigenvalue weighted by Crippen LogP contribution is 2.46. The molecular weight excluding hydrogens is 294 g/mol. The molecule has 3 fully saturated rings. The molecule has 1 N–H and O–H groups in total. The van der Waals surface area contributed by atoms with Crippen LogP contribution in [0.2, 0.25) is 0 Å². The average molecular weight is 315 g/mol. The fraction of sp³-hybridized carbons (Fsp3) is 0.846. The number of sulfonamides is 1. The van der Waals surface area contributed by atoms with E-state index in [0.29, 0.717) is 19.6 Å². The van der Waals surface area contributed by atoms with Crippen molar-refractivity contribution in [3.63, 3.8) is 0 Å². The molecule has 3 aliphatic rings. The van der Waals surface area contributed by atoms with E-state index in [0.717, 1.165) is 12.8 Å². The molecule has 2 saturated heterocycles. The Morgan fingerprint density at radius 2 is 1.90 bits per heavy atom. The normalized spacial score (nSPS) is 29.3. The summed E-state index contributed by atoms with van der Waals surface area (Å²) in [5.74, 6) is -0.488. The highest BCUT2D eigenvalue weighted by molar-refractivity contribution is 7.90. The molecule has 3 rings (SSSR count). The van der Waals surface area contributed by atoms with E-state index in [-0.39, 0.29) is 30.2 Å². The van der Waals surface area contributed by atoms with Crippen LogP contribution in [0.3, 0.4) is 0 Å². The number of nitrogens with zero attached hydrogens (tertiary/aromatic N) is 2. The molecule has 2 heterocycles. The van der Waals surface area contributed by atoms with Gasteiger partial charge in [0.15, 0.2) is 0 Å². The van der Waals surface area contributed by atoms with Crippen LogP contribution in [0.5, 0.6) is 0 Å². The minimum atomic E-state index is -3.23. The van der Waals surface area contributed by atoms with Crippen LogP contribution in [0.1, 0.15) is 26.2 Å². The largest absolute Gasteiger partial charge is 0.359 e. The molecule has 0 spiro atoms. The van der Waals surface area contributed by atoms with Gasteiger partial charge in [0.1, 0.15) is 0 Å². The minimum Gasteiger partial charge on any atom is -0.359 e. The third kappa shape index (κ3) is 2.24. The van der Waals surface area contributed by atoms with E-state index in [1.807, 2.05) is 0 Å². The molecule has 1 aliphatic carbocycles. The molecule has 0 aromatic heterocycles.